The number of sulfonamides is 1. The fourth-order valence-electron chi connectivity index (χ4n) is 2.71. The molecule has 1 N–H and O–H groups in total. The van der Waals surface area contributed by atoms with Crippen LogP contribution in [-0.2, 0) is 14.8 Å². The second-order valence-electron chi connectivity index (χ2n) is 5.92. The van der Waals surface area contributed by atoms with Gasteiger partial charge < -0.3 is 9.64 Å². The number of ether oxygens (including phenoxy) is 1. The number of hydrogen-bond acceptors (Lipinski definition) is 7. The van der Waals surface area contributed by atoms with Crippen molar-refractivity contribution < 1.29 is 13.2 Å². The lowest BCUT2D eigenvalue weighted by atomic mass is 10.3. The molecule has 0 saturated carbocycles. The van der Waals surface area contributed by atoms with Crippen molar-refractivity contribution in [2.45, 2.75) is 4.90 Å². The van der Waals surface area contributed by atoms with Crippen molar-refractivity contribution in [3.05, 3.63) is 55.1 Å². The second kappa shape index (κ2) is 7.33. The number of rotatable bonds is 5. The van der Waals surface area contributed by atoms with Gasteiger partial charge in [0.1, 0.15) is 0 Å². The van der Waals surface area contributed by atoms with Crippen molar-refractivity contribution in [3.63, 3.8) is 0 Å². The predicted molar refractivity (Wildman–Crippen MR) is 99.4 cm³/mol. The van der Waals surface area contributed by atoms with E-state index in [1.54, 1.807) is 35.3 Å². The average Bonchev–Trinajstić information content (AvgIpc) is 3.24. The van der Waals surface area contributed by atoms with E-state index in [2.05, 4.69) is 19.8 Å². The number of morpholine rings is 1. The van der Waals surface area contributed by atoms with Gasteiger partial charge in [-0.3, -0.25) is 4.72 Å². The summed E-state index contributed by atoms with van der Waals surface area (Å²) in [4.78, 5) is 10.6. The molecule has 2 aromatic heterocycles. The average molecular weight is 386 g/mol. The molecule has 1 aliphatic rings. The Morgan fingerprint density at radius 3 is 2.37 bits per heavy atom. The minimum atomic E-state index is -3.73. The normalized spacial score (nSPS) is 14.9. The highest BCUT2D eigenvalue weighted by Crippen LogP contribution is 2.18. The van der Waals surface area contributed by atoms with Gasteiger partial charge in [-0.05, 0) is 30.3 Å². The van der Waals surface area contributed by atoms with Gasteiger partial charge in [0.05, 0.1) is 41.9 Å². The van der Waals surface area contributed by atoms with Gasteiger partial charge in [-0.25, -0.2) is 23.1 Å². The lowest BCUT2D eigenvalue weighted by Crippen LogP contribution is -2.37. The Labute approximate surface area is 156 Å². The van der Waals surface area contributed by atoms with Gasteiger partial charge in [0.15, 0.2) is 0 Å². The first kappa shape index (κ1) is 17.4. The van der Waals surface area contributed by atoms with E-state index in [1.807, 2.05) is 4.90 Å². The van der Waals surface area contributed by atoms with Gasteiger partial charge in [0, 0.05) is 25.5 Å². The van der Waals surface area contributed by atoms with Crippen LogP contribution < -0.4 is 9.62 Å². The van der Waals surface area contributed by atoms with Crippen LogP contribution >= 0.6 is 0 Å². The zero-order valence-electron chi connectivity index (χ0n) is 14.4. The molecular formula is C17H18N6O3S. The van der Waals surface area contributed by atoms with Gasteiger partial charge in [-0.1, -0.05) is 0 Å². The summed E-state index contributed by atoms with van der Waals surface area (Å²) >= 11 is 0. The van der Waals surface area contributed by atoms with Crippen LogP contribution in [0.5, 0.6) is 0 Å². The van der Waals surface area contributed by atoms with Crippen LogP contribution in [0.2, 0.25) is 0 Å². The highest BCUT2D eigenvalue weighted by atomic mass is 32.2. The van der Waals surface area contributed by atoms with E-state index in [-0.39, 0.29) is 4.90 Å². The molecule has 140 valence electrons. The molecular weight excluding hydrogens is 368 g/mol. The largest absolute Gasteiger partial charge is 0.378 e. The molecule has 0 unspecified atom stereocenters. The molecule has 10 heteroatoms. The Morgan fingerprint density at radius 1 is 1.04 bits per heavy atom. The fourth-order valence-corrected chi connectivity index (χ4v) is 3.74. The smallest absolute Gasteiger partial charge is 0.261 e. The van der Waals surface area contributed by atoms with E-state index in [0.717, 1.165) is 5.69 Å². The summed E-state index contributed by atoms with van der Waals surface area (Å²) in [5.74, 6) is 0.560. The number of nitrogens with one attached hydrogen (secondary N) is 1. The summed E-state index contributed by atoms with van der Waals surface area (Å²) in [5, 5.41) is 4.12. The van der Waals surface area contributed by atoms with E-state index in [0.29, 0.717) is 37.9 Å². The number of benzene rings is 1. The number of anilines is 2. The third-order valence-electron chi connectivity index (χ3n) is 4.10. The second-order valence-corrected chi connectivity index (χ2v) is 7.60. The number of hydrogen-bond donors (Lipinski definition) is 1. The van der Waals surface area contributed by atoms with E-state index in [4.69, 9.17) is 4.74 Å². The third kappa shape index (κ3) is 3.91. The van der Waals surface area contributed by atoms with E-state index >= 15 is 0 Å². The Morgan fingerprint density at radius 2 is 1.74 bits per heavy atom. The Hall–Kier alpha value is -2.98. The molecule has 0 spiro atoms. The van der Waals surface area contributed by atoms with Crippen LogP contribution in [0.1, 0.15) is 0 Å². The lowest BCUT2D eigenvalue weighted by Gasteiger charge is -2.26. The highest BCUT2D eigenvalue weighted by molar-refractivity contribution is 7.92. The summed E-state index contributed by atoms with van der Waals surface area (Å²) in [6.07, 6.45) is 6.38. The molecule has 1 saturated heterocycles. The Balaban J connectivity index is 1.47. The maximum Gasteiger partial charge on any atom is 0.261 e. The molecule has 9 nitrogen and oxygen atoms in total. The molecule has 0 radical (unpaired) electrons. The highest BCUT2D eigenvalue weighted by Gasteiger charge is 2.17. The predicted octanol–water partition coefficient (Wildman–Crippen LogP) is 1.30. The van der Waals surface area contributed by atoms with Crippen LogP contribution in [-0.4, -0.2) is 54.5 Å². The van der Waals surface area contributed by atoms with Crippen molar-refractivity contribution in [2.24, 2.45) is 0 Å². The summed E-state index contributed by atoms with van der Waals surface area (Å²) in [6.45, 7) is 2.69. The molecule has 0 aliphatic carbocycles. The van der Waals surface area contributed by atoms with Crippen molar-refractivity contribution in [3.8, 4) is 5.69 Å². The third-order valence-corrected chi connectivity index (χ3v) is 5.50. The van der Waals surface area contributed by atoms with Crippen LogP contribution in [0.25, 0.3) is 5.69 Å². The van der Waals surface area contributed by atoms with Gasteiger partial charge >= 0.3 is 0 Å². The first-order valence-corrected chi connectivity index (χ1v) is 9.88. The first-order chi connectivity index (χ1) is 13.1. The van der Waals surface area contributed by atoms with Crippen molar-refractivity contribution in [1.82, 2.24) is 19.7 Å². The molecule has 1 fully saturated rings. The molecule has 0 bridgehead atoms. The summed E-state index contributed by atoms with van der Waals surface area (Å²) < 4.78 is 34.6. The van der Waals surface area contributed by atoms with E-state index in [9.17, 15) is 8.42 Å². The lowest BCUT2D eigenvalue weighted by molar-refractivity contribution is 0.122. The Bertz CT molecular complexity index is 982. The minimum Gasteiger partial charge on any atom is -0.378 e. The molecule has 4 rings (SSSR count). The molecule has 1 aliphatic heterocycles. The molecule has 3 heterocycles. The topological polar surface area (TPSA) is 102 Å². The summed E-state index contributed by atoms with van der Waals surface area (Å²) in [5.41, 5.74) is 1.08. The number of aromatic nitrogens is 4. The van der Waals surface area contributed by atoms with Crippen LogP contribution in [0.15, 0.2) is 60.0 Å². The standard InChI is InChI=1S/C17H18N6O3S/c24-27(25,16-4-2-15(3-5-16)23-7-1-6-20-23)21-14-12-18-17(19-13-14)22-8-10-26-11-9-22/h1-7,12-13,21H,8-11H2. The maximum absolute atomic E-state index is 12.6. The molecule has 27 heavy (non-hydrogen) atoms. The zero-order valence-corrected chi connectivity index (χ0v) is 15.2. The molecule has 3 aromatic rings. The first-order valence-electron chi connectivity index (χ1n) is 8.39. The van der Waals surface area contributed by atoms with Crippen LogP contribution in [0.3, 0.4) is 0 Å². The van der Waals surface area contributed by atoms with Crippen molar-refractivity contribution in [2.75, 3.05) is 35.9 Å². The molecule has 0 amide bonds. The van der Waals surface area contributed by atoms with E-state index < -0.39 is 10.0 Å². The molecule has 1 aromatic carbocycles. The molecule has 0 atom stereocenters. The quantitative estimate of drug-likeness (QED) is 0.705. The monoisotopic (exact) mass is 386 g/mol. The SMILES string of the molecule is O=S(=O)(Nc1cnc(N2CCOCC2)nc1)c1ccc(-n2cccn2)cc1. The van der Waals surface area contributed by atoms with Crippen molar-refractivity contribution in [1.29, 1.82) is 0 Å². The van der Waals surface area contributed by atoms with Gasteiger partial charge in [0.2, 0.25) is 5.95 Å². The maximum atomic E-state index is 12.6. The minimum absolute atomic E-state index is 0.149. The Kier molecular flexibility index (Phi) is 4.73. The number of nitrogens with zero attached hydrogens (tertiary/aromatic N) is 5. The van der Waals surface area contributed by atoms with Gasteiger partial charge in [-0.2, -0.15) is 5.10 Å². The van der Waals surface area contributed by atoms with Crippen molar-refractivity contribution >= 4 is 21.7 Å². The van der Waals surface area contributed by atoms with Crippen LogP contribution in [0.4, 0.5) is 11.6 Å². The van der Waals surface area contributed by atoms with E-state index in [1.165, 1.54) is 24.5 Å². The zero-order chi connectivity index (χ0) is 18.7. The fraction of sp³-hybridized carbons (Fsp3) is 0.235. The van der Waals surface area contributed by atoms with Gasteiger partial charge in [-0.15, -0.1) is 0 Å². The van der Waals surface area contributed by atoms with Gasteiger partial charge in [0.25, 0.3) is 10.0 Å². The van der Waals surface area contributed by atoms with Crippen LogP contribution in [0, 0.1) is 0 Å². The summed E-state index contributed by atoms with van der Waals surface area (Å²) in [6, 6.07) is 8.25. The summed E-state index contributed by atoms with van der Waals surface area (Å²) in [7, 11) is -3.73.